The third-order valence-corrected chi connectivity index (χ3v) is 6.80. The molecule has 31 heavy (non-hydrogen) atoms. The molecule has 0 amide bonds. The predicted molar refractivity (Wildman–Crippen MR) is 120 cm³/mol. The molecular formula is C24H25N7. The highest BCUT2D eigenvalue weighted by atomic mass is 15.4. The lowest BCUT2D eigenvalue weighted by Crippen LogP contribution is -2.46. The van der Waals surface area contributed by atoms with E-state index in [0.29, 0.717) is 18.0 Å². The van der Waals surface area contributed by atoms with Gasteiger partial charge in [-0.3, -0.25) is 15.4 Å². The van der Waals surface area contributed by atoms with Gasteiger partial charge >= 0.3 is 0 Å². The second-order valence-corrected chi connectivity index (χ2v) is 8.55. The summed E-state index contributed by atoms with van der Waals surface area (Å²) in [5.74, 6) is 0.461. The average Bonchev–Trinajstić information content (AvgIpc) is 3.43. The summed E-state index contributed by atoms with van der Waals surface area (Å²) in [6.07, 6.45) is 10.4. The number of pyridine rings is 3. The summed E-state index contributed by atoms with van der Waals surface area (Å²) in [5.41, 5.74) is 14.1. The van der Waals surface area contributed by atoms with Crippen LogP contribution in [-0.2, 0) is 0 Å². The zero-order valence-corrected chi connectivity index (χ0v) is 17.3. The molecule has 2 aliphatic rings. The Morgan fingerprint density at radius 2 is 1.84 bits per heavy atom. The third-order valence-electron chi connectivity index (χ3n) is 6.80. The van der Waals surface area contributed by atoms with E-state index in [0.717, 1.165) is 29.6 Å². The van der Waals surface area contributed by atoms with Crippen molar-refractivity contribution in [3.63, 3.8) is 0 Å². The second-order valence-electron chi connectivity index (χ2n) is 8.55. The summed E-state index contributed by atoms with van der Waals surface area (Å²) in [6.45, 7) is 3.09. The van der Waals surface area contributed by atoms with Crippen LogP contribution in [-0.4, -0.2) is 32.5 Å². The second kappa shape index (κ2) is 7.53. The standard InChI is InChI=1S/C24H25N7/c1-14-2-6-26-12-19(14)20-11-18-22(13-28-20)30-31-23(18)21-10-17-16(5-9-27-24(17)29-21)15-3-7-25-8-4-15/h2-10,12,18,20,22-23,28,30-31H,11,13H2,1H3,(H,27,29). The summed E-state index contributed by atoms with van der Waals surface area (Å²) in [7, 11) is 0. The van der Waals surface area contributed by atoms with Gasteiger partial charge in [0.1, 0.15) is 5.65 Å². The first-order valence-corrected chi connectivity index (χ1v) is 10.8. The molecule has 0 saturated carbocycles. The molecule has 0 spiro atoms. The summed E-state index contributed by atoms with van der Waals surface area (Å²) in [4.78, 5) is 16.7. The fourth-order valence-corrected chi connectivity index (χ4v) is 5.15. The number of hydrogen-bond donors (Lipinski definition) is 4. The topological polar surface area (TPSA) is 90.6 Å². The van der Waals surface area contributed by atoms with Crippen molar-refractivity contribution in [3.8, 4) is 11.1 Å². The quantitative estimate of drug-likeness (QED) is 0.414. The van der Waals surface area contributed by atoms with Crippen LogP contribution in [0.1, 0.15) is 35.3 Å². The maximum absolute atomic E-state index is 4.60. The lowest BCUT2D eigenvalue weighted by atomic mass is 9.81. The minimum Gasteiger partial charge on any atom is -0.342 e. The van der Waals surface area contributed by atoms with Gasteiger partial charge in [-0.25, -0.2) is 10.4 Å². The molecule has 4 unspecified atom stereocenters. The predicted octanol–water partition coefficient (Wildman–Crippen LogP) is 3.20. The Balaban J connectivity index is 1.34. The molecule has 0 aliphatic carbocycles. The largest absolute Gasteiger partial charge is 0.342 e. The Kier molecular flexibility index (Phi) is 4.52. The Morgan fingerprint density at radius 1 is 0.968 bits per heavy atom. The Morgan fingerprint density at radius 3 is 2.71 bits per heavy atom. The molecule has 2 saturated heterocycles. The molecule has 2 fully saturated rings. The van der Waals surface area contributed by atoms with E-state index < -0.39 is 0 Å². The van der Waals surface area contributed by atoms with Gasteiger partial charge in [0.05, 0.1) is 6.04 Å². The van der Waals surface area contributed by atoms with Crippen molar-refractivity contribution in [2.45, 2.75) is 31.5 Å². The number of piperidine rings is 1. The Labute approximate surface area is 180 Å². The minimum absolute atomic E-state index is 0.200. The molecule has 0 radical (unpaired) electrons. The van der Waals surface area contributed by atoms with Crippen LogP contribution >= 0.6 is 0 Å². The van der Waals surface area contributed by atoms with E-state index in [4.69, 9.17) is 0 Å². The number of hydrazine groups is 1. The molecule has 6 rings (SSSR count). The monoisotopic (exact) mass is 411 g/mol. The number of nitrogens with zero attached hydrogens (tertiary/aromatic N) is 3. The van der Waals surface area contributed by atoms with E-state index in [-0.39, 0.29) is 6.04 Å². The van der Waals surface area contributed by atoms with Crippen LogP contribution in [0.5, 0.6) is 0 Å². The van der Waals surface area contributed by atoms with Gasteiger partial charge in [-0.15, -0.1) is 0 Å². The van der Waals surface area contributed by atoms with Gasteiger partial charge in [0, 0.05) is 66.6 Å². The normalized spacial score (nSPS) is 25.6. The Bertz CT molecular complexity index is 1220. The Hall–Kier alpha value is -3.13. The first kappa shape index (κ1) is 18.6. The fourth-order valence-electron chi connectivity index (χ4n) is 5.15. The number of hydrogen-bond acceptors (Lipinski definition) is 6. The van der Waals surface area contributed by atoms with Gasteiger partial charge < -0.3 is 10.3 Å². The van der Waals surface area contributed by atoms with Gasteiger partial charge in [0.2, 0.25) is 0 Å². The van der Waals surface area contributed by atoms with E-state index >= 15 is 0 Å². The van der Waals surface area contributed by atoms with Crippen molar-refractivity contribution >= 4 is 11.0 Å². The van der Waals surface area contributed by atoms with Gasteiger partial charge in [0.15, 0.2) is 0 Å². The summed E-state index contributed by atoms with van der Waals surface area (Å²) >= 11 is 0. The number of fused-ring (bicyclic) bond motifs is 2. The van der Waals surface area contributed by atoms with Crippen LogP contribution in [0.4, 0.5) is 0 Å². The number of aromatic amines is 1. The lowest BCUT2D eigenvalue weighted by molar-refractivity contribution is 0.265. The number of aromatic nitrogens is 4. The molecule has 4 atom stereocenters. The number of rotatable bonds is 3. The van der Waals surface area contributed by atoms with Crippen LogP contribution in [0.15, 0.2) is 61.3 Å². The number of nitrogens with one attached hydrogen (secondary N) is 4. The molecule has 4 aromatic rings. The van der Waals surface area contributed by atoms with Crippen molar-refractivity contribution in [1.82, 2.24) is 36.1 Å². The first-order valence-electron chi connectivity index (χ1n) is 10.8. The molecule has 0 aromatic carbocycles. The molecule has 4 N–H and O–H groups in total. The maximum Gasteiger partial charge on any atom is 0.138 e. The molecule has 6 heterocycles. The van der Waals surface area contributed by atoms with E-state index in [1.807, 2.05) is 43.1 Å². The molecule has 156 valence electrons. The zero-order chi connectivity index (χ0) is 20.8. The van der Waals surface area contributed by atoms with Gasteiger partial charge in [-0.2, -0.15) is 0 Å². The first-order chi connectivity index (χ1) is 15.3. The lowest BCUT2D eigenvalue weighted by Gasteiger charge is -2.34. The highest BCUT2D eigenvalue weighted by Crippen LogP contribution is 2.40. The minimum atomic E-state index is 0.200. The molecule has 4 aromatic heterocycles. The van der Waals surface area contributed by atoms with Crippen LogP contribution < -0.4 is 16.2 Å². The molecule has 7 heteroatoms. The zero-order valence-electron chi connectivity index (χ0n) is 17.3. The molecule has 2 aliphatic heterocycles. The average molecular weight is 412 g/mol. The highest BCUT2D eigenvalue weighted by molar-refractivity contribution is 5.93. The van der Waals surface area contributed by atoms with Crippen molar-refractivity contribution in [2.24, 2.45) is 5.92 Å². The fraction of sp³-hybridized carbons (Fsp3) is 0.292. The highest BCUT2D eigenvalue weighted by Gasteiger charge is 2.42. The molecular weight excluding hydrogens is 386 g/mol. The van der Waals surface area contributed by atoms with Crippen molar-refractivity contribution in [2.75, 3.05) is 6.54 Å². The summed E-state index contributed by atoms with van der Waals surface area (Å²) in [5, 5.41) is 4.85. The van der Waals surface area contributed by atoms with Gasteiger partial charge in [0.25, 0.3) is 0 Å². The smallest absolute Gasteiger partial charge is 0.138 e. The maximum atomic E-state index is 4.60. The van der Waals surface area contributed by atoms with Crippen molar-refractivity contribution in [3.05, 3.63) is 78.1 Å². The molecule has 0 bridgehead atoms. The van der Waals surface area contributed by atoms with Crippen molar-refractivity contribution < 1.29 is 0 Å². The van der Waals surface area contributed by atoms with Gasteiger partial charge in [-0.1, -0.05) is 0 Å². The third kappa shape index (κ3) is 3.22. The number of H-pyrrole nitrogens is 1. The van der Waals surface area contributed by atoms with E-state index in [1.54, 1.807) is 0 Å². The van der Waals surface area contributed by atoms with Crippen LogP contribution in [0.25, 0.3) is 22.2 Å². The van der Waals surface area contributed by atoms with Gasteiger partial charge in [-0.05, 0) is 65.9 Å². The van der Waals surface area contributed by atoms with E-state index in [2.05, 4.69) is 61.2 Å². The molecule has 7 nitrogen and oxygen atoms in total. The van der Waals surface area contributed by atoms with Crippen LogP contribution in [0.3, 0.4) is 0 Å². The van der Waals surface area contributed by atoms with Crippen LogP contribution in [0, 0.1) is 12.8 Å². The van der Waals surface area contributed by atoms with E-state index in [1.165, 1.54) is 22.4 Å². The number of aryl methyl sites for hydroxylation is 1. The van der Waals surface area contributed by atoms with Crippen LogP contribution in [0.2, 0.25) is 0 Å². The summed E-state index contributed by atoms with van der Waals surface area (Å²) in [6, 6.07) is 11.4. The SMILES string of the molecule is Cc1ccncc1C1CC2C(CN1)NNC2c1cc2c(-c3ccncc3)ccnc2[nH]1. The van der Waals surface area contributed by atoms with E-state index in [9.17, 15) is 0 Å². The summed E-state index contributed by atoms with van der Waals surface area (Å²) < 4.78 is 0. The van der Waals surface area contributed by atoms with Crippen molar-refractivity contribution in [1.29, 1.82) is 0 Å².